The molecule has 0 aliphatic rings. The van der Waals surface area contributed by atoms with Gasteiger partial charge < -0.3 is 0 Å². The normalized spacial score (nSPS) is 11.3. The van der Waals surface area contributed by atoms with Gasteiger partial charge in [0.15, 0.2) is 0 Å². The number of alkyl halides is 3. The maximum absolute atomic E-state index is 14.2. The lowest BCUT2D eigenvalue weighted by Gasteiger charge is -2.27. The van der Waals surface area contributed by atoms with Crippen molar-refractivity contribution < 1.29 is 35.9 Å². The summed E-state index contributed by atoms with van der Waals surface area (Å²) in [7, 11) is 0.918. The quantitative estimate of drug-likeness (QED) is 0.687. The van der Waals surface area contributed by atoms with Crippen molar-refractivity contribution in [3.63, 3.8) is 0 Å². The molecule has 0 saturated heterocycles. The molecule has 0 aromatic heterocycles. The fourth-order valence-electron chi connectivity index (χ4n) is 2.45. The van der Waals surface area contributed by atoms with E-state index in [0.29, 0.717) is 15.9 Å². The Morgan fingerprint density at radius 2 is 1.54 bits per heavy atom. The molecular weight excluding hydrogens is 390 g/mol. The summed E-state index contributed by atoms with van der Waals surface area (Å²) in [4.78, 5) is 25.9. The number of benzene rings is 2. The minimum absolute atomic E-state index is 0.212. The van der Waals surface area contributed by atoms with Gasteiger partial charge in [-0.2, -0.15) is 13.2 Å². The summed E-state index contributed by atoms with van der Waals surface area (Å²) < 4.78 is 79.7. The summed E-state index contributed by atoms with van der Waals surface area (Å²) in [6, 6.07) is 3.02. The smallest absolute Gasteiger partial charge is 0.291 e. The van der Waals surface area contributed by atoms with Crippen LogP contribution in [0, 0.1) is 17.5 Å². The molecule has 0 atom stereocenters. The third-order valence-electron chi connectivity index (χ3n) is 3.88. The lowest BCUT2D eigenvalue weighted by atomic mass is 10.1. The van der Waals surface area contributed by atoms with Gasteiger partial charge in [0.1, 0.15) is 23.0 Å². The van der Waals surface area contributed by atoms with Crippen LogP contribution in [0.4, 0.5) is 36.8 Å². The van der Waals surface area contributed by atoms with Crippen LogP contribution in [0.25, 0.3) is 0 Å². The summed E-state index contributed by atoms with van der Waals surface area (Å²) >= 11 is 0. The predicted molar refractivity (Wildman–Crippen MR) is 88.3 cm³/mol. The first-order chi connectivity index (χ1) is 13.0. The SMILES string of the molecule is CCN(C(=O)N(C)C(=O)c1c(F)cccc1F)c1ccc(C(F)(F)F)cc1F. The number of hydrogen-bond acceptors (Lipinski definition) is 2. The molecule has 2 rings (SSSR count). The zero-order valence-electron chi connectivity index (χ0n) is 14.6. The summed E-state index contributed by atoms with van der Waals surface area (Å²) in [5, 5.41) is 0. The highest BCUT2D eigenvalue weighted by Gasteiger charge is 2.33. The highest BCUT2D eigenvalue weighted by Crippen LogP contribution is 2.32. The van der Waals surface area contributed by atoms with E-state index in [1.54, 1.807) is 0 Å². The molecule has 150 valence electrons. The Balaban J connectivity index is 2.36. The van der Waals surface area contributed by atoms with Crippen molar-refractivity contribution in [1.82, 2.24) is 4.90 Å². The first kappa shape index (κ1) is 21.3. The molecule has 0 unspecified atom stereocenters. The van der Waals surface area contributed by atoms with Crippen LogP contribution in [0.2, 0.25) is 0 Å². The number of hydrogen-bond donors (Lipinski definition) is 0. The molecule has 2 aromatic carbocycles. The van der Waals surface area contributed by atoms with E-state index in [4.69, 9.17) is 0 Å². The van der Waals surface area contributed by atoms with Crippen LogP contribution >= 0.6 is 0 Å². The van der Waals surface area contributed by atoms with E-state index in [1.165, 1.54) is 6.92 Å². The van der Waals surface area contributed by atoms with E-state index in [9.17, 15) is 35.9 Å². The number of anilines is 1. The maximum atomic E-state index is 14.2. The van der Waals surface area contributed by atoms with Gasteiger partial charge in [-0.15, -0.1) is 0 Å². The van der Waals surface area contributed by atoms with Crippen LogP contribution in [0.3, 0.4) is 0 Å². The number of halogens is 6. The number of nitrogens with zero attached hydrogens (tertiary/aromatic N) is 2. The average molecular weight is 404 g/mol. The largest absolute Gasteiger partial charge is 0.416 e. The molecule has 0 bridgehead atoms. The Hall–Kier alpha value is -3.04. The Bertz CT molecular complexity index is 893. The van der Waals surface area contributed by atoms with Crippen LogP contribution in [0.15, 0.2) is 36.4 Å². The Labute approximate surface area is 156 Å². The first-order valence-electron chi connectivity index (χ1n) is 7.89. The number of amides is 3. The maximum Gasteiger partial charge on any atom is 0.416 e. The Morgan fingerprint density at radius 1 is 0.964 bits per heavy atom. The van der Waals surface area contributed by atoms with Crippen LogP contribution in [0.1, 0.15) is 22.8 Å². The van der Waals surface area contributed by atoms with Gasteiger partial charge in [0.25, 0.3) is 5.91 Å². The molecule has 0 aliphatic carbocycles. The van der Waals surface area contributed by atoms with Crippen molar-refractivity contribution in [1.29, 1.82) is 0 Å². The van der Waals surface area contributed by atoms with Gasteiger partial charge in [-0.3, -0.25) is 14.6 Å². The minimum Gasteiger partial charge on any atom is -0.291 e. The van der Waals surface area contributed by atoms with Crippen molar-refractivity contribution >= 4 is 17.6 Å². The second-order valence-corrected chi connectivity index (χ2v) is 5.65. The zero-order valence-corrected chi connectivity index (χ0v) is 14.6. The Morgan fingerprint density at radius 3 is 2.00 bits per heavy atom. The lowest BCUT2D eigenvalue weighted by molar-refractivity contribution is -0.137. The lowest BCUT2D eigenvalue weighted by Crippen LogP contribution is -2.45. The summed E-state index contributed by atoms with van der Waals surface area (Å²) in [5.41, 5.74) is -2.76. The number of carbonyl (C=O) groups excluding carboxylic acids is 2. The molecular formula is C18H14F6N2O2. The van der Waals surface area contributed by atoms with Crippen molar-refractivity contribution in [2.45, 2.75) is 13.1 Å². The van der Waals surface area contributed by atoms with Gasteiger partial charge in [0.2, 0.25) is 0 Å². The van der Waals surface area contributed by atoms with E-state index in [2.05, 4.69) is 0 Å². The third kappa shape index (κ3) is 4.10. The molecule has 0 fully saturated rings. The fourth-order valence-corrected chi connectivity index (χ4v) is 2.45. The summed E-state index contributed by atoms with van der Waals surface area (Å²) in [5.74, 6) is -5.07. The second kappa shape index (κ2) is 7.91. The Kier molecular flexibility index (Phi) is 6.01. The van der Waals surface area contributed by atoms with E-state index >= 15 is 0 Å². The van der Waals surface area contributed by atoms with Crippen molar-refractivity contribution in [3.05, 3.63) is 65.0 Å². The van der Waals surface area contributed by atoms with Gasteiger partial charge in [-0.1, -0.05) is 6.07 Å². The average Bonchev–Trinajstić information content (AvgIpc) is 2.61. The molecule has 28 heavy (non-hydrogen) atoms. The zero-order chi connectivity index (χ0) is 21.2. The summed E-state index contributed by atoms with van der Waals surface area (Å²) in [6.45, 7) is 1.16. The molecule has 0 heterocycles. The predicted octanol–water partition coefficient (Wildman–Crippen LogP) is 4.84. The van der Waals surface area contributed by atoms with E-state index < -0.39 is 52.4 Å². The van der Waals surface area contributed by atoms with Crippen LogP contribution < -0.4 is 4.90 Å². The number of urea groups is 1. The molecule has 10 heteroatoms. The standard InChI is InChI=1S/C18H14F6N2O2/c1-3-26(14-8-7-10(9-13(14)21)18(22,23)24)17(28)25(2)16(27)15-11(19)5-4-6-12(15)20/h4-9H,3H2,1-2H3. The molecule has 0 radical (unpaired) electrons. The van der Waals surface area contributed by atoms with Crippen molar-refractivity contribution in [3.8, 4) is 0 Å². The minimum atomic E-state index is -4.78. The van der Waals surface area contributed by atoms with Crippen LogP contribution in [0.5, 0.6) is 0 Å². The monoisotopic (exact) mass is 404 g/mol. The molecule has 0 spiro atoms. The van der Waals surface area contributed by atoms with Gasteiger partial charge in [0.05, 0.1) is 11.3 Å². The van der Waals surface area contributed by atoms with Gasteiger partial charge in [-0.05, 0) is 37.3 Å². The molecule has 2 aromatic rings. The van der Waals surface area contributed by atoms with Crippen molar-refractivity contribution in [2.75, 3.05) is 18.5 Å². The molecule has 3 amide bonds. The van der Waals surface area contributed by atoms with E-state index in [0.717, 1.165) is 31.3 Å². The molecule has 0 aliphatic heterocycles. The van der Waals surface area contributed by atoms with E-state index in [1.807, 2.05) is 0 Å². The summed E-state index contributed by atoms with van der Waals surface area (Å²) in [6.07, 6.45) is -4.78. The van der Waals surface area contributed by atoms with Crippen LogP contribution in [-0.4, -0.2) is 30.4 Å². The molecule has 0 saturated carbocycles. The first-order valence-corrected chi connectivity index (χ1v) is 7.89. The topological polar surface area (TPSA) is 40.6 Å². The highest BCUT2D eigenvalue weighted by molar-refractivity contribution is 6.08. The van der Waals surface area contributed by atoms with Gasteiger partial charge >= 0.3 is 12.2 Å². The van der Waals surface area contributed by atoms with Crippen LogP contribution in [-0.2, 0) is 6.18 Å². The number of rotatable bonds is 3. The fraction of sp³-hybridized carbons (Fsp3) is 0.222. The highest BCUT2D eigenvalue weighted by atomic mass is 19.4. The second-order valence-electron chi connectivity index (χ2n) is 5.65. The van der Waals surface area contributed by atoms with Gasteiger partial charge in [-0.25, -0.2) is 18.0 Å². The van der Waals surface area contributed by atoms with Crippen molar-refractivity contribution in [2.24, 2.45) is 0 Å². The van der Waals surface area contributed by atoms with Gasteiger partial charge in [0, 0.05) is 13.6 Å². The number of carbonyl (C=O) groups is 2. The van der Waals surface area contributed by atoms with E-state index in [-0.39, 0.29) is 12.6 Å². The molecule has 4 nitrogen and oxygen atoms in total. The number of imide groups is 1. The third-order valence-corrected chi connectivity index (χ3v) is 3.88. The molecule has 0 N–H and O–H groups in total.